The van der Waals surface area contributed by atoms with E-state index in [0.717, 1.165) is 0 Å². The van der Waals surface area contributed by atoms with E-state index >= 15 is 0 Å². The van der Waals surface area contributed by atoms with Crippen LogP contribution < -0.4 is 10.1 Å². The first-order chi connectivity index (χ1) is 12.4. The van der Waals surface area contributed by atoms with E-state index in [9.17, 15) is 9.59 Å². The average Bonchev–Trinajstić information content (AvgIpc) is 2.61. The summed E-state index contributed by atoms with van der Waals surface area (Å²) in [5.74, 6) is -0.0186. The predicted molar refractivity (Wildman–Crippen MR) is 103 cm³/mol. The maximum atomic E-state index is 12.1. The van der Waals surface area contributed by atoms with Crippen LogP contribution in [0.5, 0.6) is 5.75 Å². The van der Waals surface area contributed by atoms with Gasteiger partial charge < -0.3 is 15.0 Å². The monoisotopic (exact) mass is 414 g/mol. The van der Waals surface area contributed by atoms with Crippen LogP contribution in [-0.2, 0) is 4.79 Å². The van der Waals surface area contributed by atoms with Crippen molar-refractivity contribution in [3.63, 3.8) is 0 Å². The summed E-state index contributed by atoms with van der Waals surface area (Å²) in [5.41, 5.74) is 0.262. The first kappa shape index (κ1) is 20.4. The van der Waals surface area contributed by atoms with Gasteiger partial charge in [0.25, 0.3) is 5.91 Å². The Balaban J connectivity index is 1.76. The van der Waals surface area contributed by atoms with E-state index in [1.807, 2.05) is 0 Å². The summed E-state index contributed by atoms with van der Waals surface area (Å²) >= 11 is 17.6. The Kier molecular flexibility index (Phi) is 7.57. The molecule has 0 radical (unpaired) electrons. The standard InChI is InChI=1S/C18H17Cl3N2O3/c1-23(8-9-26-14-5-2-12(19)3-6-14)17(24)11-22-18(25)15-7-4-13(20)10-16(15)21/h2-7,10H,8-9,11H2,1H3,(H,22,25). The van der Waals surface area contributed by atoms with Crippen LogP contribution in [0.25, 0.3) is 0 Å². The lowest BCUT2D eigenvalue weighted by atomic mass is 10.2. The number of carbonyl (C=O) groups is 2. The number of rotatable bonds is 7. The second-order valence-corrected chi connectivity index (χ2v) is 6.70. The van der Waals surface area contributed by atoms with Crippen molar-refractivity contribution in [3.05, 3.63) is 63.1 Å². The molecule has 0 saturated carbocycles. The van der Waals surface area contributed by atoms with Gasteiger partial charge in [0, 0.05) is 17.1 Å². The molecule has 5 nitrogen and oxygen atoms in total. The van der Waals surface area contributed by atoms with Crippen molar-refractivity contribution >= 4 is 46.6 Å². The van der Waals surface area contributed by atoms with Gasteiger partial charge in [0.05, 0.1) is 23.7 Å². The van der Waals surface area contributed by atoms with Gasteiger partial charge in [0.2, 0.25) is 5.91 Å². The Labute approximate surface area is 166 Å². The molecular formula is C18H17Cl3N2O3. The van der Waals surface area contributed by atoms with Gasteiger partial charge in [-0.05, 0) is 42.5 Å². The Morgan fingerprint density at radius 3 is 2.35 bits per heavy atom. The number of amides is 2. The van der Waals surface area contributed by atoms with Crippen LogP contribution in [0.2, 0.25) is 15.1 Å². The molecule has 0 aliphatic carbocycles. The number of ether oxygens (including phenoxy) is 1. The molecule has 0 heterocycles. The number of carbonyl (C=O) groups excluding carboxylic acids is 2. The largest absolute Gasteiger partial charge is 0.492 e. The van der Waals surface area contributed by atoms with Crippen molar-refractivity contribution in [1.29, 1.82) is 0 Å². The Morgan fingerprint density at radius 1 is 1.04 bits per heavy atom. The van der Waals surface area contributed by atoms with Crippen LogP contribution >= 0.6 is 34.8 Å². The molecule has 0 bridgehead atoms. The maximum absolute atomic E-state index is 12.1. The van der Waals surface area contributed by atoms with Crippen LogP contribution in [-0.4, -0.2) is 43.5 Å². The third-order valence-corrected chi connectivity index (χ3v) is 4.31. The number of nitrogens with zero attached hydrogens (tertiary/aromatic N) is 1. The smallest absolute Gasteiger partial charge is 0.253 e. The van der Waals surface area contributed by atoms with Gasteiger partial charge in [0.15, 0.2) is 0 Å². The van der Waals surface area contributed by atoms with Crippen LogP contribution in [0.3, 0.4) is 0 Å². The van der Waals surface area contributed by atoms with Gasteiger partial charge in [0.1, 0.15) is 12.4 Å². The first-order valence-corrected chi connectivity index (χ1v) is 8.86. The topological polar surface area (TPSA) is 58.6 Å². The van der Waals surface area contributed by atoms with Gasteiger partial charge in [-0.25, -0.2) is 0 Å². The van der Waals surface area contributed by atoms with Crippen LogP contribution in [0.4, 0.5) is 0 Å². The van der Waals surface area contributed by atoms with Crippen LogP contribution in [0, 0.1) is 0 Å². The van der Waals surface area contributed by atoms with E-state index in [2.05, 4.69) is 5.32 Å². The van der Waals surface area contributed by atoms with E-state index < -0.39 is 5.91 Å². The van der Waals surface area contributed by atoms with Crippen molar-refractivity contribution in [2.45, 2.75) is 0 Å². The van der Waals surface area contributed by atoms with Crippen molar-refractivity contribution in [3.8, 4) is 5.75 Å². The Bertz CT molecular complexity index is 782. The predicted octanol–water partition coefficient (Wildman–Crippen LogP) is 3.91. The lowest BCUT2D eigenvalue weighted by Gasteiger charge is -2.18. The van der Waals surface area contributed by atoms with Gasteiger partial charge in [-0.2, -0.15) is 0 Å². The number of likely N-dealkylation sites (N-methyl/N-ethyl adjacent to an activating group) is 1. The number of benzene rings is 2. The highest BCUT2D eigenvalue weighted by Gasteiger charge is 2.14. The van der Waals surface area contributed by atoms with Crippen LogP contribution in [0.15, 0.2) is 42.5 Å². The molecule has 0 unspecified atom stereocenters. The van der Waals surface area contributed by atoms with Gasteiger partial charge in [-0.3, -0.25) is 9.59 Å². The molecule has 8 heteroatoms. The lowest BCUT2D eigenvalue weighted by Crippen LogP contribution is -2.39. The molecule has 26 heavy (non-hydrogen) atoms. The Hall–Kier alpha value is -1.95. The zero-order chi connectivity index (χ0) is 19.1. The highest BCUT2D eigenvalue weighted by molar-refractivity contribution is 6.36. The minimum Gasteiger partial charge on any atom is -0.492 e. The van der Waals surface area contributed by atoms with Gasteiger partial charge in [-0.1, -0.05) is 34.8 Å². The SMILES string of the molecule is CN(CCOc1ccc(Cl)cc1)C(=O)CNC(=O)c1ccc(Cl)cc1Cl. The maximum Gasteiger partial charge on any atom is 0.253 e. The van der Waals surface area contributed by atoms with Crippen LogP contribution in [0.1, 0.15) is 10.4 Å². The summed E-state index contributed by atoms with van der Waals surface area (Å²) in [6, 6.07) is 11.5. The fourth-order valence-electron chi connectivity index (χ4n) is 2.02. The van der Waals surface area contributed by atoms with E-state index in [1.165, 1.54) is 17.0 Å². The zero-order valence-electron chi connectivity index (χ0n) is 14.0. The molecule has 0 fully saturated rings. The molecule has 0 aromatic heterocycles. The summed E-state index contributed by atoms with van der Waals surface area (Å²) in [7, 11) is 1.63. The quantitative estimate of drug-likeness (QED) is 0.746. The summed E-state index contributed by atoms with van der Waals surface area (Å²) in [6.07, 6.45) is 0. The second kappa shape index (κ2) is 9.67. The number of hydrogen-bond acceptors (Lipinski definition) is 3. The summed E-state index contributed by atoms with van der Waals surface area (Å²) in [4.78, 5) is 25.6. The zero-order valence-corrected chi connectivity index (χ0v) is 16.2. The molecule has 0 spiro atoms. The van der Waals surface area contributed by atoms with Gasteiger partial charge in [-0.15, -0.1) is 0 Å². The molecule has 0 aliphatic rings. The molecule has 2 amide bonds. The molecule has 0 atom stereocenters. The third-order valence-electron chi connectivity index (χ3n) is 3.51. The first-order valence-electron chi connectivity index (χ1n) is 7.72. The van der Waals surface area contributed by atoms with Crippen molar-refractivity contribution in [1.82, 2.24) is 10.2 Å². The van der Waals surface area contributed by atoms with Crippen molar-refractivity contribution in [2.24, 2.45) is 0 Å². The number of nitrogens with one attached hydrogen (secondary N) is 1. The van der Waals surface area contributed by atoms with E-state index in [0.29, 0.717) is 28.9 Å². The molecule has 138 valence electrons. The van der Waals surface area contributed by atoms with E-state index in [4.69, 9.17) is 39.5 Å². The second-order valence-electron chi connectivity index (χ2n) is 5.42. The molecule has 1 N–H and O–H groups in total. The highest BCUT2D eigenvalue weighted by Crippen LogP contribution is 2.20. The minimum atomic E-state index is -0.439. The number of hydrogen-bond donors (Lipinski definition) is 1. The van der Waals surface area contributed by atoms with E-state index in [1.54, 1.807) is 37.4 Å². The van der Waals surface area contributed by atoms with E-state index in [-0.39, 0.29) is 23.0 Å². The molecule has 0 aliphatic heterocycles. The summed E-state index contributed by atoms with van der Waals surface area (Å²) in [5, 5.41) is 3.83. The average molecular weight is 416 g/mol. The van der Waals surface area contributed by atoms with Gasteiger partial charge >= 0.3 is 0 Å². The molecule has 0 saturated heterocycles. The fourth-order valence-corrected chi connectivity index (χ4v) is 2.64. The molecular weight excluding hydrogens is 399 g/mol. The van der Waals surface area contributed by atoms with Crippen molar-refractivity contribution in [2.75, 3.05) is 26.7 Å². The Morgan fingerprint density at radius 2 is 1.69 bits per heavy atom. The molecule has 2 aromatic carbocycles. The summed E-state index contributed by atoms with van der Waals surface area (Å²) in [6.45, 7) is 0.551. The summed E-state index contributed by atoms with van der Waals surface area (Å²) < 4.78 is 5.53. The molecule has 2 aromatic rings. The third kappa shape index (κ3) is 6.09. The number of halogens is 3. The molecule has 2 rings (SSSR count). The minimum absolute atomic E-state index is 0.144. The highest BCUT2D eigenvalue weighted by atomic mass is 35.5. The fraction of sp³-hybridized carbons (Fsp3) is 0.222. The lowest BCUT2D eigenvalue weighted by molar-refractivity contribution is -0.129. The van der Waals surface area contributed by atoms with Crippen molar-refractivity contribution < 1.29 is 14.3 Å². The normalized spacial score (nSPS) is 10.3.